The molecule has 232 valence electrons. The Balaban J connectivity index is 0.890. The smallest absolute Gasteiger partial charge is 0.262 e. The normalized spacial score (nSPS) is 24.6. The summed E-state index contributed by atoms with van der Waals surface area (Å²) in [6.07, 6.45) is 7.60. The highest BCUT2D eigenvalue weighted by Gasteiger charge is 2.45. The van der Waals surface area contributed by atoms with Crippen molar-refractivity contribution in [1.82, 2.24) is 15.1 Å². The van der Waals surface area contributed by atoms with Crippen molar-refractivity contribution in [3.8, 4) is 0 Å². The molecule has 5 aliphatic rings. The van der Waals surface area contributed by atoms with Crippen LogP contribution in [0.25, 0.3) is 0 Å². The standard InChI is InChI=1S/C34H42N6O4/c35-24-1-3-25(4-2-24)39-19-13-34(14-20-39)11-17-37(18-12-34)22-23-9-15-38(16-10-23)26-5-6-27-28(21-26)33(44)40(32(27)43)29-7-8-30(41)36-31(29)42/h1-6,21,23,29H,7-20,22,35H2,(H,36,41,42). The van der Waals surface area contributed by atoms with Crippen LogP contribution in [0.1, 0.15) is 72.1 Å². The van der Waals surface area contributed by atoms with E-state index in [-0.39, 0.29) is 18.7 Å². The number of benzene rings is 2. The molecule has 4 fully saturated rings. The number of fused-ring (bicyclic) bond motifs is 1. The number of nitrogens with zero attached hydrogens (tertiary/aromatic N) is 4. The monoisotopic (exact) mass is 598 g/mol. The zero-order chi connectivity index (χ0) is 30.4. The molecule has 4 amide bonds. The van der Waals surface area contributed by atoms with E-state index in [1.54, 1.807) is 6.07 Å². The third-order valence-electron chi connectivity index (χ3n) is 10.9. The number of hydrogen-bond donors (Lipinski definition) is 2. The molecule has 5 heterocycles. The molecule has 4 saturated heterocycles. The highest BCUT2D eigenvalue weighted by Crippen LogP contribution is 2.42. The van der Waals surface area contributed by atoms with Crippen LogP contribution >= 0.6 is 0 Å². The van der Waals surface area contributed by atoms with Gasteiger partial charge in [0, 0.05) is 56.2 Å². The third kappa shape index (κ3) is 5.44. The number of piperidine rings is 4. The Kier molecular flexibility index (Phi) is 7.56. The number of amides is 4. The van der Waals surface area contributed by atoms with Gasteiger partial charge in [-0.1, -0.05) is 0 Å². The van der Waals surface area contributed by atoms with Gasteiger partial charge < -0.3 is 20.4 Å². The van der Waals surface area contributed by atoms with Gasteiger partial charge in [-0.15, -0.1) is 0 Å². The number of rotatable bonds is 5. The summed E-state index contributed by atoms with van der Waals surface area (Å²) in [7, 11) is 0. The van der Waals surface area contributed by atoms with Gasteiger partial charge in [-0.05, 0) is 112 Å². The van der Waals surface area contributed by atoms with E-state index < -0.39 is 23.8 Å². The Morgan fingerprint density at radius 2 is 1.34 bits per heavy atom. The predicted octanol–water partition coefficient (Wildman–Crippen LogP) is 3.27. The zero-order valence-electron chi connectivity index (χ0n) is 25.3. The maximum absolute atomic E-state index is 13.3. The Labute approximate surface area is 258 Å². The second kappa shape index (κ2) is 11.5. The molecule has 0 aliphatic carbocycles. The second-order valence-corrected chi connectivity index (χ2v) is 13.5. The van der Waals surface area contributed by atoms with Gasteiger partial charge in [0.15, 0.2) is 0 Å². The molecule has 1 spiro atoms. The Morgan fingerprint density at radius 3 is 2.02 bits per heavy atom. The van der Waals surface area contributed by atoms with Gasteiger partial charge in [0.2, 0.25) is 11.8 Å². The molecule has 0 radical (unpaired) electrons. The SMILES string of the molecule is Nc1ccc(N2CCC3(CCN(CC4CCN(c5ccc6c(c5)C(=O)N(C5CCC(=O)NC5=O)C6=O)CC4)CC3)CC2)cc1. The third-order valence-corrected chi connectivity index (χ3v) is 10.9. The highest BCUT2D eigenvalue weighted by atomic mass is 16.2. The van der Waals surface area contributed by atoms with Gasteiger partial charge in [0.25, 0.3) is 11.8 Å². The summed E-state index contributed by atoms with van der Waals surface area (Å²) >= 11 is 0. The lowest BCUT2D eigenvalue weighted by molar-refractivity contribution is -0.136. The van der Waals surface area contributed by atoms with E-state index in [1.165, 1.54) is 44.5 Å². The number of carbonyl (C=O) groups is 4. The van der Waals surface area contributed by atoms with E-state index in [4.69, 9.17) is 5.73 Å². The molecule has 5 aliphatic heterocycles. The fraction of sp³-hybridized carbons (Fsp3) is 0.529. The number of carbonyl (C=O) groups excluding carboxylic acids is 4. The van der Waals surface area contributed by atoms with Crippen LogP contribution in [0, 0.1) is 11.3 Å². The number of likely N-dealkylation sites (tertiary alicyclic amines) is 1. The van der Waals surface area contributed by atoms with Crippen molar-refractivity contribution in [2.45, 2.75) is 57.4 Å². The summed E-state index contributed by atoms with van der Waals surface area (Å²) in [4.78, 5) is 58.8. The molecule has 10 heteroatoms. The summed E-state index contributed by atoms with van der Waals surface area (Å²) in [5.74, 6) is -1.20. The van der Waals surface area contributed by atoms with Gasteiger partial charge in [0.05, 0.1) is 11.1 Å². The number of hydrogen-bond acceptors (Lipinski definition) is 8. The second-order valence-electron chi connectivity index (χ2n) is 13.5. The maximum Gasteiger partial charge on any atom is 0.262 e. The first-order chi connectivity index (χ1) is 21.3. The van der Waals surface area contributed by atoms with E-state index in [9.17, 15) is 19.2 Å². The Hall–Kier alpha value is -3.92. The van der Waals surface area contributed by atoms with Crippen molar-refractivity contribution in [2.75, 3.05) is 61.3 Å². The number of nitrogens with two attached hydrogens (primary N) is 1. The fourth-order valence-electron chi connectivity index (χ4n) is 8.03. The molecule has 44 heavy (non-hydrogen) atoms. The molecule has 1 atom stereocenters. The minimum atomic E-state index is -0.939. The van der Waals surface area contributed by atoms with E-state index in [1.807, 2.05) is 24.3 Å². The van der Waals surface area contributed by atoms with Crippen LogP contribution in [0.5, 0.6) is 0 Å². The first-order valence-electron chi connectivity index (χ1n) is 16.2. The molecule has 10 nitrogen and oxygen atoms in total. The van der Waals surface area contributed by atoms with E-state index in [2.05, 4.69) is 32.1 Å². The number of imide groups is 2. The summed E-state index contributed by atoms with van der Waals surface area (Å²) in [5, 5.41) is 2.25. The molecule has 3 N–H and O–H groups in total. The largest absolute Gasteiger partial charge is 0.399 e. The average molecular weight is 599 g/mol. The van der Waals surface area contributed by atoms with Crippen molar-refractivity contribution in [2.24, 2.45) is 11.3 Å². The van der Waals surface area contributed by atoms with E-state index >= 15 is 0 Å². The number of anilines is 3. The molecule has 0 aromatic heterocycles. The molecule has 0 saturated carbocycles. The summed E-state index contributed by atoms with van der Waals surface area (Å²) in [6.45, 7) is 7.61. The van der Waals surface area contributed by atoms with Crippen LogP contribution < -0.4 is 20.9 Å². The van der Waals surface area contributed by atoms with Crippen LogP contribution in [-0.2, 0) is 9.59 Å². The highest BCUT2D eigenvalue weighted by molar-refractivity contribution is 6.23. The number of nitrogens with one attached hydrogen (secondary N) is 1. The lowest BCUT2D eigenvalue weighted by atomic mass is 9.71. The van der Waals surface area contributed by atoms with Gasteiger partial charge in [-0.2, -0.15) is 0 Å². The van der Waals surface area contributed by atoms with Crippen LogP contribution in [0.15, 0.2) is 42.5 Å². The molecule has 2 aromatic carbocycles. The summed E-state index contributed by atoms with van der Waals surface area (Å²) in [5.41, 5.74) is 10.1. The summed E-state index contributed by atoms with van der Waals surface area (Å²) < 4.78 is 0. The fourth-order valence-corrected chi connectivity index (χ4v) is 8.03. The zero-order valence-corrected chi connectivity index (χ0v) is 25.3. The van der Waals surface area contributed by atoms with E-state index in [0.29, 0.717) is 22.5 Å². The van der Waals surface area contributed by atoms with Crippen molar-refractivity contribution in [3.05, 3.63) is 53.6 Å². The molecular weight excluding hydrogens is 556 g/mol. The van der Waals surface area contributed by atoms with Gasteiger partial charge >= 0.3 is 0 Å². The minimum Gasteiger partial charge on any atom is -0.399 e. The maximum atomic E-state index is 13.3. The minimum absolute atomic E-state index is 0.117. The molecular formula is C34H42N6O4. The molecule has 0 bridgehead atoms. The predicted molar refractivity (Wildman–Crippen MR) is 168 cm³/mol. The quantitative estimate of drug-likeness (QED) is 0.398. The van der Waals surface area contributed by atoms with Crippen LogP contribution in [0.3, 0.4) is 0 Å². The van der Waals surface area contributed by atoms with Crippen molar-refractivity contribution in [1.29, 1.82) is 0 Å². The Bertz CT molecular complexity index is 1450. The Morgan fingerprint density at radius 1 is 0.727 bits per heavy atom. The van der Waals surface area contributed by atoms with Gasteiger partial charge in [0.1, 0.15) is 6.04 Å². The van der Waals surface area contributed by atoms with Crippen molar-refractivity contribution in [3.63, 3.8) is 0 Å². The topological polar surface area (TPSA) is 119 Å². The lowest BCUT2D eigenvalue weighted by Crippen LogP contribution is -2.54. The molecule has 2 aromatic rings. The first kappa shape index (κ1) is 28.8. The van der Waals surface area contributed by atoms with Crippen molar-refractivity contribution < 1.29 is 19.2 Å². The van der Waals surface area contributed by atoms with Crippen LogP contribution in [-0.4, -0.2) is 85.3 Å². The van der Waals surface area contributed by atoms with Crippen molar-refractivity contribution >= 4 is 40.7 Å². The van der Waals surface area contributed by atoms with Gasteiger partial charge in [-0.25, -0.2) is 0 Å². The van der Waals surface area contributed by atoms with E-state index in [0.717, 1.165) is 61.8 Å². The van der Waals surface area contributed by atoms with Crippen LogP contribution in [0.2, 0.25) is 0 Å². The molecule has 7 rings (SSSR count). The van der Waals surface area contributed by atoms with Crippen LogP contribution in [0.4, 0.5) is 17.1 Å². The lowest BCUT2D eigenvalue weighted by Gasteiger charge is -2.48. The summed E-state index contributed by atoms with van der Waals surface area (Å²) in [6, 6.07) is 12.8. The molecule has 1 unspecified atom stereocenters. The average Bonchev–Trinajstić information content (AvgIpc) is 3.28. The number of nitrogen functional groups attached to an aromatic ring is 1. The van der Waals surface area contributed by atoms with Gasteiger partial charge in [-0.3, -0.25) is 29.4 Å². The first-order valence-corrected chi connectivity index (χ1v) is 16.2.